The van der Waals surface area contributed by atoms with E-state index in [-0.39, 0.29) is 0 Å². The Labute approximate surface area is 150 Å². The molecule has 1 aliphatic rings. The van der Waals surface area contributed by atoms with Crippen molar-refractivity contribution in [1.82, 2.24) is 24.9 Å². The van der Waals surface area contributed by atoms with E-state index in [2.05, 4.69) is 38.6 Å². The Kier molecular flexibility index (Phi) is 3.50. The van der Waals surface area contributed by atoms with Gasteiger partial charge in [0, 0.05) is 22.7 Å². The first-order valence-corrected chi connectivity index (χ1v) is 8.99. The summed E-state index contributed by atoms with van der Waals surface area (Å²) < 4.78 is 1.76. The first kappa shape index (κ1) is 14.9. The standard InChI is InChI=1S/C19H18ClN5/c20-18-15-9-13(12-5-7-21-8-6-12)1-3-16(15)24-19(18)14-2-4-17-22-11-23-25(17)10-14/h1-4,9-12,21,24H,5-8H2. The minimum atomic E-state index is 0.617. The molecule has 0 spiro atoms. The van der Waals surface area contributed by atoms with Crippen molar-refractivity contribution in [2.75, 3.05) is 13.1 Å². The molecule has 0 unspecified atom stereocenters. The molecule has 0 amide bonds. The summed E-state index contributed by atoms with van der Waals surface area (Å²) in [6.45, 7) is 2.18. The third-order valence-electron chi connectivity index (χ3n) is 5.13. The van der Waals surface area contributed by atoms with E-state index in [1.54, 1.807) is 10.8 Å². The number of rotatable bonds is 2. The number of pyridine rings is 1. The topological polar surface area (TPSA) is 58.0 Å². The maximum atomic E-state index is 6.74. The maximum absolute atomic E-state index is 6.74. The molecule has 0 aliphatic carbocycles. The fraction of sp³-hybridized carbons (Fsp3) is 0.263. The Hall–Kier alpha value is -2.37. The summed E-state index contributed by atoms with van der Waals surface area (Å²) >= 11 is 6.74. The minimum Gasteiger partial charge on any atom is -0.353 e. The first-order valence-electron chi connectivity index (χ1n) is 8.61. The van der Waals surface area contributed by atoms with E-state index in [1.165, 1.54) is 18.4 Å². The lowest BCUT2D eigenvalue weighted by Gasteiger charge is -2.23. The SMILES string of the molecule is Clc1c(-c2ccc3ncnn3c2)[nH]c2ccc(C3CCNCC3)cc12. The van der Waals surface area contributed by atoms with Crippen LogP contribution in [0.25, 0.3) is 27.8 Å². The Morgan fingerprint density at radius 3 is 2.88 bits per heavy atom. The molecule has 25 heavy (non-hydrogen) atoms. The van der Waals surface area contributed by atoms with Gasteiger partial charge < -0.3 is 10.3 Å². The number of nitrogens with zero attached hydrogens (tertiary/aromatic N) is 3. The maximum Gasteiger partial charge on any atom is 0.155 e. The molecule has 126 valence electrons. The number of halogens is 1. The summed E-state index contributed by atoms with van der Waals surface area (Å²) in [5.74, 6) is 0.617. The Morgan fingerprint density at radius 2 is 2.00 bits per heavy atom. The van der Waals surface area contributed by atoms with Crippen LogP contribution in [0.4, 0.5) is 0 Å². The molecule has 0 saturated carbocycles. The third kappa shape index (κ3) is 2.51. The van der Waals surface area contributed by atoms with Gasteiger partial charge in [-0.25, -0.2) is 9.50 Å². The zero-order valence-electron chi connectivity index (χ0n) is 13.7. The number of benzene rings is 1. The molecule has 6 heteroatoms. The quantitative estimate of drug-likeness (QED) is 0.574. The number of aromatic nitrogens is 4. The van der Waals surface area contributed by atoms with Crippen LogP contribution in [0.15, 0.2) is 42.9 Å². The van der Waals surface area contributed by atoms with Gasteiger partial charge in [0.15, 0.2) is 5.65 Å². The molecule has 1 fully saturated rings. The molecule has 1 aliphatic heterocycles. The van der Waals surface area contributed by atoms with E-state index in [0.29, 0.717) is 5.92 Å². The number of nitrogens with one attached hydrogen (secondary N) is 2. The number of H-pyrrole nitrogens is 1. The molecule has 1 saturated heterocycles. The van der Waals surface area contributed by atoms with E-state index in [0.717, 1.165) is 45.9 Å². The smallest absolute Gasteiger partial charge is 0.155 e. The van der Waals surface area contributed by atoms with Crippen LogP contribution < -0.4 is 5.32 Å². The predicted octanol–water partition coefficient (Wildman–Crippen LogP) is 4.00. The Bertz CT molecular complexity index is 1060. The van der Waals surface area contributed by atoms with Crippen LogP contribution in [0.3, 0.4) is 0 Å². The van der Waals surface area contributed by atoms with Crippen molar-refractivity contribution in [3.05, 3.63) is 53.4 Å². The van der Waals surface area contributed by atoms with Gasteiger partial charge in [-0.3, -0.25) is 0 Å². The highest BCUT2D eigenvalue weighted by Crippen LogP contribution is 2.37. The van der Waals surface area contributed by atoms with Crippen LogP contribution in [0, 0.1) is 0 Å². The highest BCUT2D eigenvalue weighted by atomic mass is 35.5. The second-order valence-electron chi connectivity index (χ2n) is 6.62. The van der Waals surface area contributed by atoms with Gasteiger partial charge in [0.1, 0.15) is 6.33 Å². The second-order valence-corrected chi connectivity index (χ2v) is 7.00. The number of aromatic amines is 1. The monoisotopic (exact) mass is 351 g/mol. The van der Waals surface area contributed by atoms with Gasteiger partial charge in [0.2, 0.25) is 0 Å². The molecule has 0 atom stereocenters. The zero-order valence-corrected chi connectivity index (χ0v) is 14.4. The number of hydrogen-bond acceptors (Lipinski definition) is 3. The molecule has 4 heterocycles. The van der Waals surface area contributed by atoms with Crippen LogP contribution in [0.5, 0.6) is 0 Å². The van der Waals surface area contributed by atoms with Crippen molar-refractivity contribution in [2.24, 2.45) is 0 Å². The molecule has 5 nitrogen and oxygen atoms in total. The van der Waals surface area contributed by atoms with E-state index < -0.39 is 0 Å². The summed E-state index contributed by atoms with van der Waals surface area (Å²) in [5.41, 5.74) is 5.20. The van der Waals surface area contributed by atoms with Crippen LogP contribution in [-0.4, -0.2) is 32.7 Å². The average molecular weight is 352 g/mol. The molecule has 5 rings (SSSR count). The Balaban J connectivity index is 1.60. The van der Waals surface area contributed by atoms with Crippen LogP contribution >= 0.6 is 11.6 Å². The highest BCUT2D eigenvalue weighted by Gasteiger charge is 2.18. The second kappa shape index (κ2) is 5.86. The lowest BCUT2D eigenvalue weighted by Crippen LogP contribution is -2.26. The molecular weight excluding hydrogens is 334 g/mol. The lowest BCUT2D eigenvalue weighted by atomic mass is 9.90. The van der Waals surface area contributed by atoms with Gasteiger partial charge in [0.05, 0.1) is 10.7 Å². The third-order valence-corrected chi connectivity index (χ3v) is 5.53. The van der Waals surface area contributed by atoms with Crippen LogP contribution in [0.2, 0.25) is 5.02 Å². The molecule has 4 aromatic rings. The molecule has 1 aromatic carbocycles. The highest BCUT2D eigenvalue weighted by molar-refractivity contribution is 6.38. The summed E-state index contributed by atoms with van der Waals surface area (Å²) in [6, 6.07) is 10.6. The van der Waals surface area contributed by atoms with Gasteiger partial charge >= 0.3 is 0 Å². The normalized spacial score (nSPS) is 16.0. The minimum absolute atomic E-state index is 0.617. The van der Waals surface area contributed by atoms with Gasteiger partial charge in [-0.1, -0.05) is 17.7 Å². The Morgan fingerprint density at radius 1 is 1.12 bits per heavy atom. The molecule has 2 N–H and O–H groups in total. The fourth-order valence-electron chi connectivity index (χ4n) is 3.75. The summed E-state index contributed by atoms with van der Waals surface area (Å²) in [4.78, 5) is 7.65. The first-order chi connectivity index (χ1) is 12.3. The van der Waals surface area contributed by atoms with Gasteiger partial charge in [0.25, 0.3) is 0 Å². The largest absolute Gasteiger partial charge is 0.353 e. The molecule has 0 bridgehead atoms. The molecule has 3 aromatic heterocycles. The van der Waals surface area contributed by atoms with Crippen molar-refractivity contribution in [3.63, 3.8) is 0 Å². The summed E-state index contributed by atoms with van der Waals surface area (Å²) in [7, 11) is 0. The van der Waals surface area contributed by atoms with E-state index in [9.17, 15) is 0 Å². The van der Waals surface area contributed by atoms with Gasteiger partial charge in [-0.2, -0.15) is 5.10 Å². The van der Waals surface area contributed by atoms with Crippen molar-refractivity contribution in [1.29, 1.82) is 0 Å². The lowest BCUT2D eigenvalue weighted by molar-refractivity contribution is 0.460. The van der Waals surface area contributed by atoms with Crippen molar-refractivity contribution in [2.45, 2.75) is 18.8 Å². The average Bonchev–Trinajstić information content (AvgIpc) is 3.26. The predicted molar refractivity (Wildman–Crippen MR) is 100 cm³/mol. The molecule has 0 radical (unpaired) electrons. The number of fused-ring (bicyclic) bond motifs is 2. The number of hydrogen-bond donors (Lipinski definition) is 2. The zero-order chi connectivity index (χ0) is 16.8. The summed E-state index contributed by atoms with van der Waals surface area (Å²) in [6.07, 6.45) is 5.87. The summed E-state index contributed by atoms with van der Waals surface area (Å²) in [5, 5.41) is 9.49. The van der Waals surface area contributed by atoms with E-state index >= 15 is 0 Å². The van der Waals surface area contributed by atoms with Crippen LogP contribution in [0.1, 0.15) is 24.3 Å². The van der Waals surface area contributed by atoms with E-state index in [4.69, 9.17) is 11.6 Å². The molecular formula is C19H18ClN5. The van der Waals surface area contributed by atoms with Crippen molar-refractivity contribution < 1.29 is 0 Å². The number of piperidine rings is 1. The van der Waals surface area contributed by atoms with E-state index in [1.807, 2.05) is 18.3 Å². The van der Waals surface area contributed by atoms with Crippen molar-refractivity contribution in [3.8, 4) is 11.3 Å². The van der Waals surface area contributed by atoms with Gasteiger partial charge in [-0.05, 0) is 61.7 Å². The van der Waals surface area contributed by atoms with Crippen LogP contribution in [-0.2, 0) is 0 Å². The van der Waals surface area contributed by atoms with Crippen molar-refractivity contribution >= 4 is 28.2 Å². The van der Waals surface area contributed by atoms with Gasteiger partial charge in [-0.15, -0.1) is 0 Å². The fourth-order valence-corrected chi connectivity index (χ4v) is 4.06.